The van der Waals surface area contributed by atoms with Crippen LogP contribution in [0.2, 0.25) is 0 Å². The van der Waals surface area contributed by atoms with Gasteiger partial charge in [-0.15, -0.1) is 0 Å². The summed E-state index contributed by atoms with van der Waals surface area (Å²) in [6.07, 6.45) is 1.18. The Balaban J connectivity index is 2.13. The number of hydrogen-bond donors (Lipinski definition) is 0. The van der Waals surface area contributed by atoms with E-state index in [1.165, 1.54) is 34.4 Å². The Morgan fingerprint density at radius 1 is 0.950 bits per heavy atom. The molecule has 0 aromatic heterocycles. The molecule has 104 valence electrons. The maximum atomic E-state index is 2.38. The maximum absolute atomic E-state index is 2.38. The first-order valence-corrected chi connectivity index (χ1v) is 7.51. The van der Waals surface area contributed by atoms with E-state index >= 15 is 0 Å². The second-order valence-corrected chi connectivity index (χ2v) is 6.32. The van der Waals surface area contributed by atoms with E-state index in [1.54, 1.807) is 0 Å². The molecule has 0 aliphatic heterocycles. The van der Waals surface area contributed by atoms with E-state index in [2.05, 4.69) is 75.2 Å². The first-order valence-electron chi connectivity index (χ1n) is 7.51. The predicted octanol–water partition coefficient (Wildman–Crippen LogP) is 4.84. The van der Waals surface area contributed by atoms with Crippen molar-refractivity contribution in [1.82, 2.24) is 0 Å². The van der Waals surface area contributed by atoms with Gasteiger partial charge in [-0.2, -0.15) is 0 Å². The van der Waals surface area contributed by atoms with E-state index < -0.39 is 0 Å². The van der Waals surface area contributed by atoms with Crippen LogP contribution in [0, 0.1) is 0 Å². The molecule has 0 fully saturated rings. The van der Waals surface area contributed by atoms with E-state index in [1.807, 2.05) is 0 Å². The molecule has 0 saturated carbocycles. The highest BCUT2D eigenvalue weighted by atomic mass is 15.1. The first kappa shape index (κ1) is 13.2. The minimum Gasteiger partial charge on any atom is -0.375 e. The van der Waals surface area contributed by atoms with Crippen molar-refractivity contribution in [1.29, 1.82) is 0 Å². The molecule has 1 nitrogen and oxygen atoms in total. The zero-order chi connectivity index (χ0) is 14.3. The highest BCUT2D eigenvalue weighted by molar-refractivity contribution is 5.82. The SMILES string of the molecule is CCCN(C)c1ccc2c(c1)C(C)(C)c1ccccc1-2. The summed E-state index contributed by atoms with van der Waals surface area (Å²) in [7, 11) is 2.18. The predicted molar refractivity (Wildman–Crippen MR) is 87.6 cm³/mol. The summed E-state index contributed by atoms with van der Waals surface area (Å²) in [6, 6.07) is 15.7. The van der Waals surface area contributed by atoms with Crippen LogP contribution in [-0.4, -0.2) is 13.6 Å². The summed E-state index contributed by atoms with van der Waals surface area (Å²) >= 11 is 0. The molecule has 0 N–H and O–H groups in total. The highest BCUT2D eigenvalue weighted by Crippen LogP contribution is 2.49. The molecule has 0 unspecified atom stereocenters. The minimum atomic E-state index is 0.106. The van der Waals surface area contributed by atoms with Crippen molar-refractivity contribution in [2.24, 2.45) is 0 Å². The standard InChI is InChI=1S/C19H23N/c1-5-12-20(4)14-10-11-16-15-8-6-7-9-17(15)19(2,3)18(16)13-14/h6-11,13H,5,12H2,1-4H3. The normalized spacial score (nSPS) is 14.8. The fraction of sp³-hybridized carbons (Fsp3) is 0.368. The van der Waals surface area contributed by atoms with Crippen molar-refractivity contribution in [3.05, 3.63) is 53.6 Å². The Labute approximate surface area is 122 Å². The van der Waals surface area contributed by atoms with Gasteiger partial charge in [-0.1, -0.05) is 51.1 Å². The van der Waals surface area contributed by atoms with Crippen LogP contribution in [0.25, 0.3) is 11.1 Å². The minimum absolute atomic E-state index is 0.106. The van der Waals surface area contributed by atoms with Crippen LogP contribution in [0.15, 0.2) is 42.5 Å². The van der Waals surface area contributed by atoms with Gasteiger partial charge in [0.2, 0.25) is 0 Å². The van der Waals surface area contributed by atoms with Gasteiger partial charge in [0.25, 0.3) is 0 Å². The van der Waals surface area contributed by atoms with Crippen LogP contribution >= 0.6 is 0 Å². The smallest absolute Gasteiger partial charge is 0.0367 e. The van der Waals surface area contributed by atoms with Crippen molar-refractivity contribution >= 4 is 5.69 Å². The van der Waals surface area contributed by atoms with Gasteiger partial charge in [0.1, 0.15) is 0 Å². The lowest BCUT2D eigenvalue weighted by molar-refractivity contribution is 0.660. The Morgan fingerprint density at radius 3 is 2.40 bits per heavy atom. The molecule has 0 amide bonds. The summed E-state index contributed by atoms with van der Waals surface area (Å²) in [5.41, 5.74) is 7.14. The van der Waals surface area contributed by atoms with Gasteiger partial charge in [-0.05, 0) is 40.8 Å². The van der Waals surface area contributed by atoms with Crippen LogP contribution in [-0.2, 0) is 5.41 Å². The monoisotopic (exact) mass is 265 g/mol. The number of anilines is 1. The van der Waals surface area contributed by atoms with Crippen molar-refractivity contribution in [2.45, 2.75) is 32.6 Å². The molecule has 1 aliphatic carbocycles. The Morgan fingerprint density at radius 2 is 1.65 bits per heavy atom. The zero-order valence-electron chi connectivity index (χ0n) is 12.9. The third kappa shape index (κ3) is 1.84. The molecule has 0 saturated heterocycles. The maximum Gasteiger partial charge on any atom is 0.0367 e. The molecule has 3 rings (SSSR count). The molecule has 1 heteroatoms. The van der Waals surface area contributed by atoms with Crippen LogP contribution in [0.5, 0.6) is 0 Å². The quantitative estimate of drug-likeness (QED) is 0.767. The Bertz CT molecular complexity index is 640. The van der Waals surface area contributed by atoms with Crippen LogP contribution in [0.1, 0.15) is 38.3 Å². The van der Waals surface area contributed by atoms with Crippen molar-refractivity contribution < 1.29 is 0 Å². The first-order chi connectivity index (χ1) is 9.55. The van der Waals surface area contributed by atoms with Gasteiger partial charge < -0.3 is 4.90 Å². The van der Waals surface area contributed by atoms with E-state index in [0.717, 1.165) is 6.54 Å². The average molecular weight is 265 g/mol. The molecular formula is C19H23N. The van der Waals surface area contributed by atoms with Crippen LogP contribution < -0.4 is 4.90 Å². The third-order valence-corrected chi connectivity index (χ3v) is 4.57. The molecule has 20 heavy (non-hydrogen) atoms. The molecule has 0 heterocycles. The van der Waals surface area contributed by atoms with Crippen molar-refractivity contribution in [3.63, 3.8) is 0 Å². The summed E-state index contributed by atoms with van der Waals surface area (Å²) in [6.45, 7) is 8.00. The fourth-order valence-corrected chi connectivity index (χ4v) is 3.39. The molecule has 2 aromatic carbocycles. The number of hydrogen-bond acceptors (Lipinski definition) is 1. The van der Waals surface area contributed by atoms with E-state index in [4.69, 9.17) is 0 Å². The van der Waals surface area contributed by atoms with Gasteiger partial charge in [-0.25, -0.2) is 0 Å². The summed E-state index contributed by atoms with van der Waals surface area (Å²) in [5, 5.41) is 0. The van der Waals surface area contributed by atoms with Gasteiger partial charge in [-0.3, -0.25) is 0 Å². The van der Waals surface area contributed by atoms with E-state index in [9.17, 15) is 0 Å². The number of benzene rings is 2. The second-order valence-electron chi connectivity index (χ2n) is 6.32. The van der Waals surface area contributed by atoms with Crippen LogP contribution in [0.4, 0.5) is 5.69 Å². The van der Waals surface area contributed by atoms with E-state index in [0.29, 0.717) is 0 Å². The Kier molecular flexibility index (Phi) is 3.08. The summed E-state index contributed by atoms with van der Waals surface area (Å²) < 4.78 is 0. The number of fused-ring (bicyclic) bond motifs is 3. The number of rotatable bonds is 3. The van der Waals surface area contributed by atoms with Crippen molar-refractivity contribution in [2.75, 3.05) is 18.5 Å². The number of nitrogens with zero attached hydrogens (tertiary/aromatic N) is 1. The third-order valence-electron chi connectivity index (χ3n) is 4.57. The van der Waals surface area contributed by atoms with E-state index in [-0.39, 0.29) is 5.41 Å². The lowest BCUT2D eigenvalue weighted by Gasteiger charge is -2.24. The highest BCUT2D eigenvalue weighted by Gasteiger charge is 2.35. The molecule has 0 bridgehead atoms. The molecular weight excluding hydrogens is 242 g/mol. The lowest BCUT2D eigenvalue weighted by Crippen LogP contribution is -2.19. The second kappa shape index (κ2) is 4.66. The molecule has 0 atom stereocenters. The van der Waals surface area contributed by atoms with Gasteiger partial charge in [0, 0.05) is 24.7 Å². The van der Waals surface area contributed by atoms with Crippen molar-refractivity contribution in [3.8, 4) is 11.1 Å². The largest absolute Gasteiger partial charge is 0.375 e. The van der Waals surface area contributed by atoms with Crippen LogP contribution in [0.3, 0.4) is 0 Å². The van der Waals surface area contributed by atoms with Gasteiger partial charge in [0.05, 0.1) is 0 Å². The lowest BCUT2D eigenvalue weighted by atomic mass is 9.82. The Hall–Kier alpha value is -1.76. The molecule has 1 aliphatic rings. The molecule has 0 radical (unpaired) electrons. The zero-order valence-corrected chi connectivity index (χ0v) is 12.9. The summed E-state index contributed by atoms with van der Waals surface area (Å²) in [5.74, 6) is 0. The fourth-order valence-electron chi connectivity index (χ4n) is 3.39. The summed E-state index contributed by atoms with van der Waals surface area (Å²) in [4.78, 5) is 2.35. The molecule has 2 aromatic rings. The topological polar surface area (TPSA) is 3.24 Å². The average Bonchev–Trinajstić information content (AvgIpc) is 2.68. The molecule has 0 spiro atoms. The van der Waals surface area contributed by atoms with Gasteiger partial charge >= 0.3 is 0 Å². The van der Waals surface area contributed by atoms with Gasteiger partial charge in [0.15, 0.2) is 0 Å².